The van der Waals surface area contributed by atoms with Gasteiger partial charge in [-0.05, 0) is 45.4 Å². The Labute approximate surface area is 117 Å². The van der Waals surface area contributed by atoms with Crippen molar-refractivity contribution in [1.82, 2.24) is 9.78 Å². The van der Waals surface area contributed by atoms with Gasteiger partial charge in [0.15, 0.2) is 0 Å². The number of aromatic nitrogens is 2. The maximum atomic E-state index is 13.7. The maximum absolute atomic E-state index is 13.7. The monoisotopic (exact) mass is 278 g/mol. The molecular weight excluding hydrogens is 259 g/mol. The standard InChI is InChI=1S/C15H19FN2O2/c1-9-14-10(7-13(19)20-15(2,3)4)6-11(16)8-12(14)18(5)17-9/h6,8H,7H2,1-5H3. The summed E-state index contributed by atoms with van der Waals surface area (Å²) in [5.41, 5.74) is 1.52. The Balaban J connectivity index is 2.42. The molecule has 0 fully saturated rings. The number of hydrogen-bond acceptors (Lipinski definition) is 3. The third-order valence-corrected chi connectivity index (χ3v) is 2.93. The summed E-state index contributed by atoms with van der Waals surface area (Å²) >= 11 is 0. The summed E-state index contributed by atoms with van der Waals surface area (Å²) < 4.78 is 20.6. The molecule has 20 heavy (non-hydrogen) atoms. The minimum absolute atomic E-state index is 0.0397. The fourth-order valence-corrected chi connectivity index (χ4v) is 2.32. The zero-order valence-electron chi connectivity index (χ0n) is 12.5. The summed E-state index contributed by atoms with van der Waals surface area (Å²) in [4.78, 5) is 11.9. The van der Waals surface area contributed by atoms with E-state index in [0.29, 0.717) is 11.1 Å². The van der Waals surface area contributed by atoms with Crippen LogP contribution in [0, 0.1) is 12.7 Å². The number of benzene rings is 1. The van der Waals surface area contributed by atoms with Gasteiger partial charge in [-0.2, -0.15) is 5.10 Å². The Bertz CT molecular complexity index is 669. The van der Waals surface area contributed by atoms with Crippen LogP contribution < -0.4 is 0 Å². The van der Waals surface area contributed by atoms with Gasteiger partial charge in [0.2, 0.25) is 0 Å². The zero-order chi connectivity index (χ0) is 15.1. The van der Waals surface area contributed by atoms with E-state index in [9.17, 15) is 9.18 Å². The van der Waals surface area contributed by atoms with Crippen molar-refractivity contribution in [2.24, 2.45) is 7.05 Å². The lowest BCUT2D eigenvalue weighted by Gasteiger charge is -2.19. The average Bonchev–Trinajstić information content (AvgIpc) is 2.51. The van der Waals surface area contributed by atoms with Crippen molar-refractivity contribution < 1.29 is 13.9 Å². The van der Waals surface area contributed by atoms with Crippen LogP contribution in [-0.2, 0) is 23.0 Å². The molecule has 0 aliphatic heterocycles. The van der Waals surface area contributed by atoms with Gasteiger partial charge in [0.1, 0.15) is 11.4 Å². The van der Waals surface area contributed by atoms with Crippen molar-refractivity contribution in [2.45, 2.75) is 39.7 Å². The summed E-state index contributed by atoms with van der Waals surface area (Å²) in [6.07, 6.45) is 0.0397. The number of fused-ring (bicyclic) bond motifs is 1. The lowest BCUT2D eigenvalue weighted by Crippen LogP contribution is -2.25. The largest absolute Gasteiger partial charge is 0.460 e. The molecule has 5 heteroatoms. The Hall–Kier alpha value is -1.91. The lowest BCUT2D eigenvalue weighted by atomic mass is 10.0. The lowest BCUT2D eigenvalue weighted by molar-refractivity contribution is -0.153. The van der Waals surface area contributed by atoms with Crippen LogP contribution in [0.1, 0.15) is 32.0 Å². The Morgan fingerprint density at radius 2 is 2.05 bits per heavy atom. The fourth-order valence-electron chi connectivity index (χ4n) is 2.32. The number of ether oxygens (including phenoxy) is 1. The predicted molar refractivity (Wildman–Crippen MR) is 75.0 cm³/mol. The number of carbonyl (C=O) groups is 1. The Kier molecular flexibility index (Phi) is 3.54. The number of hydrogen-bond donors (Lipinski definition) is 0. The maximum Gasteiger partial charge on any atom is 0.310 e. The van der Waals surface area contributed by atoms with E-state index in [1.54, 1.807) is 32.5 Å². The number of halogens is 1. The van der Waals surface area contributed by atoms with Gasteiger partial charge in [-0.15, -0.1) is 0 Å². The molecule has 2 aromatic rings. The van der Waals surface area contributed by atoms with Crippen LogP contribution in [0.5, 0.6) is 0 Å². The molecule has 0 saturated heterocycles. The highest BCUT2D eigenvalue weighted by Gasteiger charge is 2.19. The van der Waals surface area contributed by atoms with E-state index in [1.165, 1.54) is 12.1 Å². The van der Waals surface area contributed by atoms with Crippen LogP contribution in [0.25, 0.3) is 10.9 Å². The second kappa shape index (κ2) is 4.89. The molecule has 0 saturated carbocycles. The highest BCUT2D eigenvalue weighted by atomic mass is 19.1. The van der Waals surface area contributed by atoms with E-state index in [2.05, 4.69) is 5.10 Å². The molecule has 0 aliphatic carbocycles. The third kappa shape index (κ3) is 2.98. The summed E-state index contributed by atoms with van der Waals surface area (Å²) in [5.74, 6) is -0.744. The van der Waals surface area contributed by atoms with E-state index >= 15 is 0 Å². The quantitative estimate of drug-likeness (QED) is 0.793. The van der Waals surface area contributed by atoms with Crippen LogP contribution >= 0.6 is 0 Å². The average molecular weight is 278 g/mol. The van der Waals surface area contributed by atoms with Gasteiger partial charge in [-0.3, -0.25) is 9.48 Å². The van der Waals surface area contributed by atoms with Crippen molar-refractivity contribution in [1.29, 1.82) is 0 Å². The van der Waals surface area contributed by atoms with Crippen molar-refractivity contribution in [2.75, 3.05) is 0 Å². The molecular formula is C15H19FN2O2. The van der Waals surface area contributed by atoms with E-state index < -0.39 is 5.60 Å². The molecule has 0 bridgehead atoms. The topological polar surface area (TPSA) is 44.1 Å². The fraction of sp³-hybridized carbons (Fsp3) is 0.467. The number of esters is 1. The predicted octanol–water partition coefficient (Wildman–Crippen LogP) is 2.91. The van der Waals surface area contributed by atoms with Crippen molar-refractivity contribution in [3.8, 4) is 0 Å². The van der Waals surface area contributed by atoms with E-state index in [4.69, 9.17) is 4.74 Å². The normalized spacial score (nSPS) is 11.9. The minimum Gasteiger partial charge on any atom is -0.460 e. The van der Waals surface area contributed by atoms with E-state index in [0.717, 1.165) is 11.1 Å². The first-order valence-electron chi connectivity index (χ1n) is 6.51. The van der Waals surface area contributed by atoms with Crippen LogP contribution in [0.15, 0.2) is 12.1 Å². The number of nitrogens with zero attached hydrogens (tertiary/aromatic N) is 2. The molecule has 0 N–H and O–H groups in total. The molecule has 0 amide bonds. The second-order valence-electron chi connectivity index (χ2n) is 5.93. The summed E-state index contributed by atoms with van der Waals surface area (Å²) in [6.45, 7) is 7.27. The second-order valence-corrected chi connectivity index (χ2v) is 5.93. The number of aryl methyl sites for hydroxylation is 2. The molecule has 108 valence electrons. The van der Waals surface area contributed by atoms with Crippen LogP contribution in [0.2, 0.25) is 0 Å². The highest BCUT2D eigenvalue weighted by Crippen LogP contribution is 2.24. The van der Waals surface area contributed by atoms with Gasteiger partial charge >= 0.3 is 5.97 Å². The smallest absolute Gasteiger partial charge is 0.310 e. The van der Waals surface area contributed by atoms with Crippen molar-refractivity contribution >= 4 is 16.9 Å². The molecule has 0 atom stereocenters. The molecule has 1 aromatic carbocycles. The first kappa shape index (κ1) is 14.5. The van der Waals surface area contributed by atoms with Crippen LogP contribution in [0.3, 0.4) is 0 Å². The van der Waals surface area contributed by atoms with E-state index in [-0.39, 0.29) is 18.2 Å². The molecule has 1 aromatic heterocycles. The van der Waals surface area contributed by atoms with Gasteiger partial charge in [-0.25, -0.2) is 4.39 Å². The highest BCUT2D eigenvalue weighted by molar-refractivity contribution is 5.89. The van der Waals surface area contributed by atoms with Gasteiger partial charge in [0.05, 0.1) is 17.6 Å². The Morgan fingerprint density at radius 3 is 2.65 bits per heavy atom. The van der Waals surface area contributed by atoms with E-state index in [1.807, 2.05) is 6.92 Å². The van der Waals surface area contributed by atoms with Crippen molar-refractivity contribution in [3.05, 3.63) is 29.2 Å². The van der Waals surface area contributed by atoms with Gasteiger partial charge < -0.3 is 4.74 Å². The minimum atomic E-state index is -0.548. The van der Waals surface area contributed by atoms with Crippen LogP contribution in [0.4, 0.5) is 4.39 Å². The molecule has 0 radical (unpaired) electrons. The van der Waals surface area contributed by atoms with Crippen LogP contribution in [-0.4, -0.2) is 21.4 Å². The molecule has 2 rings (SSSR count). The summed E-state index contributed by atoms with van der Waals surface area (Å²) in [7, 11) is 1.76. The van der Waals surface area contributed by atoms with Crippen molar-refractivity contribution in [3.63, 3.8) is 0 Å². The zero-order valence-corrected chi connectivity index (χ0v) is 12.5. The number of carbonyl (C=O) groups excluding carboxylic acids is 1. The first-order chi connectivity index (χ1) is 9.17. The van der Waals surface area contributed by atoms with Gasteiger partial charge in [0, 0.05) is 12.4 Å². The van der Waals surface area contributed by atoms with Gasteiger partial charge in [-0.1, -0.05) is 0 Å². The SMILES string of the molecule is Cc1nn(C)c2cc(F)cc(CC(=O)OC(C)(C)C)c12. The summed E-state index contributed by atoms with van der Waals surface area (Å²) in [6, 6.07) is 2.80. The Morgan fingerprint density at radius 1 is 1.40 bits per heavy atom. The number of rotatable bonds is 2. The molecule has 4 nitrogen and oxygen atoms in total. The summed E-state index contributed by atoms with van der Waals surface area (Å²) in [5, 5.41) is 5.09. The molecule has 0 aliphatic rings. The first-order valence-corrected chi connectivity index (χ1v) is 6.51. The third-order valence-electron chi connectivity index (χ3n) is 2.93. The molecule has 0 unspecified atom stereocenters. The molecule has 0 spiro atoms. The van der Waals surface area contributed by atoms with Gasteiger partial charge in [0.25, 0.3) is 0 Å². The molecule has 1 heterocycles.